The Balaban J connectivity index is 1.68. The lowest BCUT2D eigenvalue weighted by molar-refractivity contribution is -0.155. The van der Waals surface area contributed by atoms with Gasteiger partial charge in [-0.15, -0.1) is 0 Å². The second-order valence-electron chi connectivity index (χ2n) is 6.17. The zero-order valence-corrected chi connectivity index (χ0v) is 14.3. The van der Waals surface area contributed by atoms with Crippen LogP contribution in [-0.2, 0) is 16.1 Å². The van der Waals surface area contributed by atoms with E-state index in [-0.39, 0.29) is 6.61 Å². The Bertz CT molecular complexity index is 1180. The van der Waals surface area contributed by atoms with Gasteiger partial charge in [0, 0.05) is 17.0 Å². The van der Waals surface area contributed by atoms with Crippen molar-refractivity contribution in [2.24, 2.45) is 0 Å². The van der Waals surface area contributed by atoms with Crippen molar-refractivity contribution in [2.45, 2.75) is 12.7 Å². The first-order valence-electron chi connectivity index (χ1n) is 8.47. The topological polar surface area (TPSA) is 76.7 Å². The molecule has 134 valence electrons. The predicted octanol–water partition coefficient (Wildman–Crippen LogP) is 3.72. The summed E-state index contributed by atoms with van der Waals surface area (Å²) in [6.07, 6.45) is -1.38. The Morgan fingerprint density at radius 3 is 2.56 bits per heavy atom. The number of carbonyl (C=O) groups is 1. The maximum absolute atomic E-state index is 12.2. The van der Waals surface area contributed by atoms with Gasteiger partial charge in [-0.05, 0) is 22.4 Å². The third-order valence-corrected chi connectivity index (χ3v) is 4.42. The Morgan fingerprint density at radius 1 is 1.00 bits per heavy atom. The highest BCUT2D eigenvalue weighted by atomic mass is 16.5. The average Bonchev–Trinajstić information content (AvgIpc) is 2.71. The molecule has 5 nitrogen and oxygen atoms in total. The smallest absolute Gasteiger partial charge is 0.339 e. The van der Waals surface area contributed by atoms with Crippen LogP contribution in [0.5, 0.6) is 0 Å². The maximum atomic E-state index is 12.2. The van der Waals surface area contributed by atoms with Gasteiger partial charge in [0.2, 0.25) is 0 Å². The van der Waals surface area contributed by atoms with Crippen LogP contribution in [0.15, 0.2) is 82.0 Å². The Labute approximate surface area is 154 Å². The lowest BCUT2D eigenvalue weighted by atomic mass is 10.0. The van der Waals surface area contributed by atoms with Crippen molar-refractivity contribution in [3.63, 3.8) is 0 Å². The van der Waals surface area contributed by atoms with E-state index in [2.05, 4.69) is 0 Å². The number of hydrogen-bond acceptors (Lipinski definition) is 5. The highest BCUT2D eigenvalue weighted by molar-refractivity contribution is 6.07. The minimum Gasteiger partial charge on any atom is -0.459 e. The first-order chi connectivity index (χ1) is 13.1. The molecule has 0 saturated carbocycles. The number of aliphatic hydroxyl groups excluding tert-OH is 1. The third kappa shape index (κ3) is 3.32. The lowest BCUT2D eigenvalue weighted by Crippen LogP contribution is -2.16. The van der Waals surface area contributed by atoms with Gasteiger partial charge in [-0.2, -0.15) is 0 Å². The third-order valence-electron chi connectivity index (χ3n) is 4.42. The number of hydrogen-bond donors (Lipinski definition) is 1. The molecular weight excluding hydrogens is 344 g/mol. The summed E-state index contributed by atoms with van der Waals surface area (Å²) >= 11 is 0. The van der Waals surface area contributed by atoms with Crippen molar-refractivity contribution >= 4 is 27.7 Å². The van der Waals surface area contributed by atoms with E-state index in [9.17, 15) is 14.7 Å². The van der Waals surface area contributed by atoms with Crippen LogP contribution < -0.4 is 5.63 Å². The fourth-order valence-corrected chi connectivity index (χ4v) is 3.13. The van der Waals surface area contributed by atoms with Crippen LogP contribution in [0.25, 0.3) is 21.7 Å². The summed E-state index contributed by atoms with van der Waals surface area (Å²) in [6, 6.07) is 21.1. The molecule has 27 heavy (non-hydrogen) atoms. The molecule has 0 aliphatic heterocycles. The summed E-state index contributed by atoms with van der Waals surface area (Å²) < 4.78 is 10.6. The van der Waals surface area contributed by atoms with Gasteiger partial charge in [0.1, 0.15) is 12.2 Å². The van der Waals surface area contributed by atoms with E-state index in [1.54, 1.807) is 36.4 Å². The summed E-state index contributed by atoms with van der Waals surface area (Å²) in [5.74, 6) is -0.775. The van der Waals surface area contributed by atoms with Crippen LogP contribution in [0.4, 0.5) is 0 Å². The first-order valence-corrected chi connectivity index (χ1v) is 8.47. The molecule has 1 aromatic heterocycles. The number of carbonyl (C=O) groups excluding carboxylic acids is 1. The minimum atomic E-state index is -1.38. The molecule has 4 aromatic rings. The molecule has 1 atom stereocenters. The number of benzene rings is 3. The number of ether oxygens (including phenoxy) is 1. The molecule has 0 spiro atoms. The first kappa shape index (κ1) is 17.0. The zero-order chi connectivity index (χ0) is 18.8. The molecule has 3 aromatic carbocycles. The summed E-state index contributed by atoms with van der Waals surface area (Å²) in [7, 11) is 0. The van der Waals surface area contributed by atoms with Crippen LogP contribution in [0.2, 0.25) is 0 Å². The van der Waals surface area contributed by atoms with Gasteiger partial charge in [0.25, 0.3) is 0 Å². The standard InChI is InChI=1S/C22H16O5/c23-19-12-16(13-26-22(25)21(24)15-7-2-1-3-8-15)20-17-9-5-4-6-14(17)10-11-18(20)27-19/h1-12,21,24H,13H2/t21-/m1/s1. The van der Waals surface area contributed by atoms with Crippen molar-refractivity contribution in [1.82, 2.24) is 0 Å². The normalized spacial score (nSPS) is 12.2. The van der Waals surface area contributed by atoms with E-state index >= 15 is 0 Å². The van der Waals surface area contributed by atoms with Gasteiger partial charge in [-0.3, -0.25) is 0 Å². The van der Waals surface area contributed by atoms with Crippen LogP contribution in [0, 0.1) is 0 Å². The van der Waals surface area contributed by atoms with Gasteiger partial charge in [-0.25, -0.2) is 9.59 Å². The molecule has 1 N–H and O–H groups in total. The van der Waals surface area contributed by atoms with E-state index < -0.39 is 17.7 Å². The van der Waals surface area contributed by atoms with Crippen molar-refractivity contribution < 1.29 is 19.1 Å². The van der Waals surface area contributed by atoms with Crippen LogP contribution in [0.1, 0.15) is 17.2 Å². The molecule has 5 heteroatoms. The molecule has 4 rings (SSSR count). The maximum Gasteiger partial charge on any atom is 0.339 e. The Hall–Kier alpha value is -3.44. The number of aliphatic hydroxyl groups is 1. The monoisotopic (exact) mass is 360 g/mol. The SMILES string of the molecule is O=C(OCc1cc(=O)oc2ccc3ccccc3c12)[C@H](O)c1ccccc1. The second kappa shape index (κ2) is 7.05. The number of fused-ring (bicyclic) bond motifs is 3. The Kier molecular flexibility index (Phi) is 4.44. The number of rotatable bonds is 4. The molecule has 0 bridgehead atoms. The van der Waals surface area contributed by atoms with Gasteiger partial charge < -0.3 is 14.3 Å². The summed E-state index contributed by atoms with van der Waals surface area (Å²) in [4.78, 5) is 24.1. The van der Waals surface area contributed by atoms with Crippen LogP contribution >= 0.6 is 0 Å². The van der Waals surface area contributed by atoms with Crippen molar-refractivity contribution in [1.29, 1.82) is 0 Å². The molecule has 1 heterocycles. The highest BCUT2D eigenvalue weighted by Crippen LogP contribution is 2.28. The summed E-state index contributed by atoms with van der Waals surface area (Å²) in [5.41, 5.74) is 0.889. The van der Waals surface area contributed by atoms with Crippen molar-refractivity contribution in [2.75, 3.05) is 0 Å². The van der Waals surface area contributed by atoms with Gasteiger partial charge in [-0.1, -0.05) is 60.7 Å². The van der Waals surface area contributed by atoms with Gasteiger partial charge in [0.05, 0.1) is 0 Å². The van der Waals surface area contributed by atoms with Gasteiger partial charge in [0.15, 0.2) is 6.10 Å². The van der Waals surface area contributed by atoms with E-state index in [0.717, 1.165) is 16.2 Å². The molecule has 0 amide bonds. The molecule has 0 saturated heterocycles. The van der Waals surface area contributed by atoms with E-state index in [1.165, 1.54) is 6.07 Å². The average molecular weight is 360 g/mol. The molecule has 0 aliphatic rings. The van der Waals surface area contributed by atoms with Crippen LogP contribution in [0.3, 0.4) is 0 Å². The zero-order valence-electron chi connectivity index (χ0n) is 14.3. The van der Waals surface area contributed by atoms with Gasteiger partial charge >= 0.3 is 11.6 Å². The fraction of sp³-hybridized carbons (Fsp3) is 0.0909. The molecule has 0 radical (unpaired) electrons. The minimum absolute atomic E-state index is 0.140. The predicted molar refractivity (Wildman–Crippen MR) is 101 cm³/mol. The van der Waals surface area contributed by atoms with E-state index in [0.29, 0.717) is 16.7 Å². The summed E-state index contributed by atoms with van der Waals surface area (Å²) in [6.45, 7) is -0.140. The fourth-order valence-electron chi connectivity index (χ4n) is 3.13. The van der Waals surface area contributed by atoms with Crippen molar-refractivity contribution in [3.05, 3.63) is 94.3 Å². The summed E-state index contributed by atoms with van der Waals surface area (Å²) in [5, 5.41) is 12.7. The van der Waals surface area contributed by atoms with Crippen LogP contribution in [-0.4, -0.2) is 11.1 Å². The van der Waals surface area contributed by atoms with Crippen molar-refractivity contribution in [3.8, 4) is 0 Å². The molecule has 0 unspecified atom stereocenters. The largest absolute Gasteiger partial charge is 0.459 e. The highest BCUT2D eigenvalue weighted by Gasteiger charge is 2.19. The molecular formula is C22H16O5. The molecule has 0 aliphatic carbocycles. The van der Waals surface area contributed by atoms with E-state index in [4.69, 9.17) is 9.15 Å². The lowest BCUT2D eigenvalue weighted by Gasteiger charge is -2.12. The quantitative estimate of drug-likeness (QED) is 0.341. The number of esters is 1. The van der Waals surface area contributed by atoms with E-state index in [1.807, 2.05) is 30.3 Å². The second-order valence-corrected chi connectivity index (χ2v) is 6.17. The molecule has 0 fully saturated rings. The Morgan fingerprint density at radius 2 is 1.74 bits per heavy atom.